The second-order valence-corrected chi connectivity index (χ2v) is 9.53. The lowest BCUT2D eigenvalue weighted by Gasteiger charge is -2.33. The number of amides is 1. The Labute approximate surface area is 207 Å². The lowest BCUT2D eigenvalue weighted by atomic mass is 10.2. The van der Waals surface area contributed by atoms with E-state index in [2.05, 4.69) is 25.5 Å². The highest BCUT2D eigenvalue weighted by atomic mass is 32.2. The molecule has 0 radical (unpaired) electrons. The van der Waals surface area contributed by atoms with E-state index < -0.39 is 0 Å². The minimum Gasteiger partial charge on any atom is -0.495 e. The second-order valence-electron chi connectivity index (χ2n) is 8.51. The van der Waals surface area contributed by atoms with Gasteiger partial charge in [-0.05, 0) is 18.2 Å². The van der Waals surface area contributed by atoms with Crippen molar-refractivity contribution in [1.29, 1.82) is 0 Å². The molecule has 3 aromatic heterocycles. The molecule has 0 aromatic carbocycles. The van der Waals surface area contributed by atoms with Crippen LogP contribution in [0.4, 0.5) is 5.82 Å². The van der Waals surface area contributed by atoms with Gasteiger partial charge in [-0.25, -0.2) is 4.98 Å². The summed E-state index contributed by atoms with van der Waals surface area (Å²) >= 11 is 1.51. The Balaban J connectivity index is 1.15. The van der Waals surface area contributed by atoms with Crippen molar-refractivity contribution in [2.45, 2.75) is 24.1 Å². The maximum atomic E-state index is 12.6. The fourth-order valence-corrected chi connectivity index (χ4v) is 5.06. The van der Waals surface area contributed by atoms with Crippen molar-refractivity contribution in [3.8, 4) is 5.75 Å². The molecule has 0 saturated carbocycles. The first-order chi connectivity index (χ1) is 17.1. The highest BCUT2D eigenvalue weighted by molar-refractivity contribution is 8.00. The first-order valence-corrected chi connectivity index (χ1v) is 12.6. The normalized spacial score (nSPS) is 18.3. The molecule has 184 valence electrons. The van der Waals surface area contributed by atoms with Crippen molar-refractivity contribution in [2.75, 3.05) is 51.0 Å². The van der Waals surface area contributed by atoms with E-state index in [1.54, 1.807) is 30.0 Å². The van der Waals surface area contributed by atoms with Crippen molar-refractivity contribution < 1.29 is 14.3 Å². The van der Waals surface area contributed by atoms with E-state index in [9.17, 15) is 9.59 Å². The summed E-state index contributed by atoms with van der Waals surface area (Å²) in [6, 6.07) is 9.15. The predicted octanol–water partition coefficient (Wildman–Crippen LogP) is 1.33. The molecule has 0 unspecified atom stereocenters. The second kappa shape index (κ2) is 10.7. The summed E-state index contributed by atoms with van der Waals surface area (Å²) in [5.74, 6) is 1.69. The lowest BCUT2D eigenvalue weighted by molar-refractivity contribution is -0.113. The van der Waals surface area contributed by atoms with Gasteiger partial charge in [0, 0.05) is 51.4 Å². The first-order valence-electron chi connectivity index (χ1n) is 11.6. The van der Waals surface area contributed by atoms with Gasteiger partial charge in [0.15, 0.2) is 0 Å². The van der Waals surface area contributed by atoms with Crippen LogP contribution in [-0.4, -0.2) is 77.1 Å². The zero-order valence-electron chi connectivity index (χ0n) is 19.5. The third-order valence-electron chi connectivity index (χ3n) is 6.12. The molecule has 0 bridgehead atoms. The van der Waals surface area contributed by atoms with E-state index in [-0.39, 0.29) is 17.6 Å². The fraction of sp³-hybridized carbons (Fsp3) is 0.417. The van der Waals surface area contributed by atoms with Crippen LogP contribution in [0.2, 0.25) is 0 Å². The molecule has 10 nitrogen and oxygen atoms in total. The van der Waals surface area contributed by atoms with Crippen LogP contribution in [0, 0.1) is 0 Å². The van der Waals surface area contributed by atoms with E-state index in [0.29, 0.717) is 43.6 Å². The summed E-state index contributed by atoms with van der Waals surface area (Å²) in [4.78, 5) is 36.4. The number of anilines is 1. The molecular weight excluding hydrogens is 468 g/mol. The van der Waals surface area contributed by atoms with Crippen LogP contribution in [0.1, 0.15) is 5.69 Å². The predicted molar refractivity (Wildman–Crippen MR) is 134 cm³/mol. The summed E-state index contributed by atoms with van der Waals surface area (Å²) in [6.45, 7) is 4.82. The maximum Gasteiger partial charge on any atom is 0.251 e. The number of pyridine rings is 3. The van der Waals surface area contributed by atoms with Crippen molar-refractivity contribution in [1.82, 2.24) is 24.8 Å². The fourth-order valence-electron chi connectivity index (χ4n) is 4.30. The first kappa shape index (κ1) is 23.7. The molecule has 11 heteroatoms. The molecule has 1 fully saturated rings. The van der Waals surface area contributed by atoms with Gasteiger partial charge in [0.25, 0.3) is 5.56 Å². The summed E-state index contributed by atoms with van der Waals surface area (Å²) < 4.78 is 13.0. The minimum absolute atomic E-state index is 0.0167. The minimum atomic E-state index is -0.0498. The van der Waals surface area contributed by atoms with E-state index in [0.717, 1.165) is 41.3 Å². The molecule has 35 heavy (non-hydrogen) atoms. The van der Waals surface area contributed by atoms with E-state index in [1.165, 1.54) is 11.8 Å². The zero-order valence-corrected chi connectivity index (χ0v) is 20.3. The summed E-state index contributed by atoms with van der Waals surface area (Å²) in [5, 5.41) is 6.25. The van der Waals surface area contributed by atoms with E-state index in [1.807, 2.05) is 18.2 Å². The number of carbonyl (C=O) groups is 1. The van der Waals surface area contributed by atoms with Crippen LogP contribution in [0.15, 0.2) is 46.2 Å². The number of methoxy groups -OCH3 is 1. The highest BCUT2D eigenvalue weighted by Gasteiger charge is 2.21. The molecule has 0 spiro atoms. The Kier molecular flexibility index (Phi) is 7.28. The number of morpholine rings is 1. The number of nitrogens with one attached hydrogen (secondary N) is 2. The van der Waals surface area contributed by atoms with Crippen molar-refractivity contribution in [2.24, 2.45) is 0 Å². The van der Waals surface area contributed by atoms with Crippen LogP contribution in [0.3, 0.4) is 0 Å². The SMILES string of the molecule is COc1cnc2ccc(=O)n(CCN3CCO[C@@H](CNCc4ccc5c(n4)NC(=O)CS5)C3)c2c1. The number of aromatic nitrogens is 3. The van der Waals surface area contributed by atoms with Gasteiger partial charge in [-0.15, -0.1) is 11.8 Å². The summed E-state index contributed by atoms with van der Waals surface area (Å²) in [5.41, 5.74) is 2.36. The largest absolute Gasteiger partial charge is 0.495 e. The summed E-state index contributed by atoms with van der Waals surface area (Å²) in [7, 11) is 1.59. The van der Waals surface area contributed by atoms with Gasteiger partial charge in [-0.2, -0.15) is 0 Å². The smallest absolute Gasteiger partial charge is 0.251 e. The van der Waals surface area contributed by atoms with Crippen molar-refractivity contribution >= 4 is 34.5 Å². The molecule has 1 atom stereocenters. The Morgan fingerprint density at radius 1 is 1.26 bits per heavy atom. The number of hydrogen-bond donors (Lipinski definition) is 2. The van der Waals surface area contributed by atoms with Gasteiger partial charge in [0.2, 0.25) is 5.91 Å². The Hall–Kier alpha value is -2.99. The number of thioether (sulfide) groups is 1. The van der Waals surface area contributed by atoms with Crippen LogP contribution in [0.25, 0.3) is 11.0 Å². The summed E-state index contributed by atoms with van der Waals surface area (Å²) in [6.07, 6.45) is 1.70. The van der Waals surface area contributed by atoms with Crippen LogP contribution in [0.5, 0.6) is 5.75 Å². The van der Waals surface area contributed by atoms with Crippen LogP contribution in [-0.2, 0) is 22.6 Å². The number of hydrogen-bond acceptors (Lipinski definition) is 9. The van der Waals surface area contributed by atoms with Crippen LogP contribution >= 0.6 is 11.8 Å². The molecule has 5 rings (SSSR count). The molecule has 0 aliphatic carbocycles. The third-order valence-corrected chi connectivity index (χ3v) is 7.17. The molecule has 1 amide bonds. The van der Waals surface area contributed by atoms with Crippen molar-refractivity contribution in [3.05, 3.63) is 52.6 Å². The average molecular weight is 497 g/mol. The van der Waals surface area contributed by atoms with Crippen LogP contribution < -0.4 is 20.9 Å². The van der Waals surface area contributed by atoms with Gasteiger partial charge in [0.05, 0.1) is 53.4 Å². The Morgan fingerprint density at radius 3 is 3.06 bits per heavy atom. The van der Waals surface area contributed by atoms with Gasteiger partial charge in [-0.3, -0.25) is 19.5 Å². The number of ether oxygens (including phenoxy) is 2. The zero-order chi connectivity index (χ0) is 24.2. The lowest BCUT2D eigenvalue weighted by Crippen LogP contribution is -2.47. The van der Waals surface area contributed by atoms with E-state index >= 15 is 0 Å². The Bertz CT molecular complexity index is 1280. The molecule has 2 aliphatic heterocycles. The van der Waals surface area contributed by atoms with Gasteiger partial charge in [-0.1, -0.05) is 0 Å². The molecule has 3 aromatic rings. The van der Waals surface area contributed by atoms with Crippen molar-refractivity contribution in [3.63, 3.8) is 0 Å². The average Bonchev–Trinajstić information content (AvgIpc) is 2.88. The topological polar surface area (TPSA) is 111 Å². The quantitative estimate of drug-likeness (QED) is 0.477. The molecule has 2 aliphatic rings. The van der Waals surface area contributed by atoms with Gasteiger partial charge in [0.1, 0.15) is 11.6 Å². The maximum absolute atomic E-state index is 12.6. The highest BCUT2D eigenvalue weighted by Crippen LogP contribution is 2.29. The number of carbonyl (C=O) groups excluding carboxylic acids is 1. The standard InChI is InChI=1S/C24H28N6O4S/c1-33-17-10-20-19(26-13-17)3-5-23(32)30(20)7-6-29-8-9-34-18(14-29)12-25-11-16-2-4-21-24(27-16)28-22(31)15-35-21/h2-5,10,13,18,25H,6-9,11-12,14-15H2,1H3,(H,27,28,31)/t18-/m0/s1. The number of nitrogens with zero attached hydrogens (tertiary/aromatic N) is 4. The molecule has 5 heterocycles. The van der Waals surface area contributed by atoms with E-state index in [4.69, 9.17) is 9.47 Å². The molecule has 2 N–H and O–H groups in total. The molecule has 1 saturated heterocycles. The Morgan fingerprint density at radius 2 is 2.17 bits per heavy atom. The molecular formula is C24H28N6O4S. The monoisotopic (exact) mass is 496 g/mol. The number of rotatable bonds is 8. The van der Waals surface area contributed by atoms with Gasteiger partial charge < -0.3 is 24.7 Å². The van der Waals surface area contributed by atoms with Gasteiger partial charge >= 0.3 is 0 Å². The third kappa shape index (κ3) is 5.64. The number of fused-ring (bicyclic) bond motifs is 2.